The molecule has 1 aliphatic rings. The molecule has 0 aromatic carbocycles. The van der Waals surface area contributed by atoms with E-state index in [1.54, 1.807) is 0 Å². The lowest BCUT2D eigenvalue weighted by Crippen LogP contribution is -2.38. The smallest absolute Gasteiger partial charge is 0.0640 e. The lowest BCUT2D eigenvalue weighted by Gasteiger charge is -2.24. The number of aryl methyl sites for hydroxylation is 1. The van der Waals surface area contributed by atoms with Crippen molar-refractivity contribution >= 4 is 0 Å². The van der Waals surface area contributed by atoms with Gasteiger partial charge in [-0.3, -0.25) is 16.0 Å². The third-order valence-corrected chi connectivity index (χ3v) is 3.57. The van der Waals surface area contributed by atoms with E-state index in [1.807, 2.05) is 24.0 Å². The molecule has 5 nitrogen and oxygen atoms in total. The summed E-state index contributed by atoms with van der Waals surface area (Å²) in [6.07, 6.45) is 9.10. The third kappa shape index (κ3) is 4.08. The first kappa shape index (κ1) is 13.5. The Kier molecular flexibility index (Phi) is 5.16. The maximum atomic E-state index is 5.74. The highest BCUT2D eigenvalue weighted by atomic mass is 16.5. The van der Waals surface area contributed by atoms with E-state index in [9.17, 15) is 0 Å². The number of hydrogen-bond acceptors (Lipinski definition) is 4. The summed E-state index contributed by atoms with van der Waals surface area (Å²) in [5, 5.41) is 4.38. The zero-order valence-corrected chi connectivity index (χ0v) is 11.1. The lowest BCUT2D eigenvalue weighted by atomic mass is 9.99. The molecule has 2 rings (SSSR count). The predicted octanol–water partition coefficient (Wildman–Crippen LogP) is 1.14. The summed E-state index contributed by atoms with van der Waals surface area (Å²) >= 11 is 0. The van der Waals surface area contributed by atoms with E-state index < -0.39 is 0 Å². The van der Waals surface area contributed by atoms with Crippen molar-refractivity contribution in [3.63, 3.8) is 0 Å². The van der Waals surface area contributed by atoms with Crippen LogP contribution in [0.1, 0.15) is 37.8 Å². The summed E-state index contributed by atoms with van der Waals surface area (Å²) in [6, 6.07) is 2.33. The summed E-state index contributed by atoms with van der Waals surface area (Å²) in [5.74, 6) is 5.62. The normalized spacial score (nSPS) is 22.0. The number of ether oxygens (including phenoxy) is 1. The van der Waals surface area contributed by atoms with Gasteiger partial charge in [0.05, 0.1) is 11.8 Å². The highest BCUT2D eigenvalue weighted by molar-refractivity contribution is 5.01. The molecule has 5 heteroatoms. The minimum atomic E-state index is 0.283. The second kappa shape index (κ2) is 6.87. The van der Waals surface area contributed by atoms with Crippen LogP contribution in [0.25, 0.3) is 0 Å². The fourth-order valence-corrected chi connectivity index (χ4v) is 2.49. The van der Waals surface area contributed by atoms with Gasteiger partial charge >= 0.3 is 0 Å². The molecule has 2 atom stereocenters. The molecule has 0 radical (unpaired) electrons. The first-order valence-corrected chi connectivity index (χ1v) is 6.84. The molecule has 1 fully saturated rings. The first-order chi connectivity index (χ1) is 8.78. The molecule has 1 aromatic rings. The highest BCUT2D eigenvalue weighted by Crippen LogP contribution is 2.18. The van der Waals surface area contributed by atoms with Gasteiger partial charge in [-0.1, -0.05) is 0 Å². The average molecular weight is 252 g/mol. The van der Waals surface area contributed by atoms with Crippen LogP contribution < -0.4 is 11.3 Å². The second-order valence-electron chi connectivity index (χ2n) is 5.11. The van der Waals surface area contributed by atoms with Crippen LogP contribution in [0.5, 0.6) is 0 Å². The lowest BCUT2D eigenvalue weighted by molar-refractivity contribution is 0.00857. The maximum absolute atomic E-state index is 5.74. The molecule has 1 aliphatic heterocycles. The molecule has 0 aliphatic carbocycles. The van der Waals surface area contributed by atoms with Crippen molar-refractivity contribution in [1.82, 2.24) is 15.2 Å². The van der Waals surface area contributed by atoms with Crippen LogP contribution in [0.15, 0.2) is 12.3 Å². The van der Waals surface area contributed by atoms with Crippen molar-refractivity contribution in [2.45, 2.75) is 50.7 Å². The van der Waals surface area contributed by atoms with Crippen LogP contribution >= 0.6 is 0 Å². The van der Waals surface area contributed by atoms with E-state index >= 15 is 0 Å². The van der Waals surface area contributed by atoms with Crippen LogP contribution in [-0.2, 0) is 18.2 Å². The maximum Gasteiger partial charge on any atom is 0.0640 e. The summed E-state index contributed by atoms with van der Waals surface area (Å²) in [4.78, 5) is 0. The zero-order chi connectivity index (χ0) is 12.8. The van der Waals surface area contributed by atoms with E-state index in [-0.39, 0.29) is 6.04 Å². The molecule has 2 unspecified atom stereocenters. The van der Waals surface area contributed by atoms with Crippen molar-refractivity contribution in [3.05, 3.63) is 18.0 Å². The van der Waals surface area contributed by atoms with E-state index in [2.05, 4.69) is 10.5 Å². The topological polar surface area (TPSA) is 65.1 Å². The van der Waals surface area contributed by atoms with Gasteiger partial charge in [0.1, 0.15) is 0 Å². The number of rotatable bonds is 6. The Morgan fingerprint density at radius 1 is 1.61 bits per heavy atom. The Morgan fingerprint density at radius 2 is 2.50 bits per heavy atom. The largest absolute Gasteiger partial charge is 0.378 e. The SMILES string of the molecule is Cn1ccc(CC(CCC2CCCCO2)NN)n1. The van der Waals surface area contributed by atoms with Crippen molar-refractivity contribution in [2.75, 3.05) is 6.61 Å². The molecule has 0 saturated carbocycles. The van der Waals surface area contributed by atoms with Gasteiger partial charge < -0.3 is 4.74 Å². The van der Waals surface area contributed by atoms with Crippen molar-refractivity contribution in [3.8, 4) is 0 Å². The minimum absolute atomic E-state index is 0.283. The molecule has 0 spiro atoms. The monoisotopic (exact) mass is 252 g/mol. The summed E-state index contributed by atoms with van der Waals surface area (Å²) in [7, 11) is 1.93. The second-order valence-corrected chi connectivity index (χ2v) is 5.11. The molecule has 1 aromatic heterocycles. The van der Waals surface area contributed by atoms with Crippen LogP contribution in [0.3, 0.4) is 0 Å². The minimum Gasteiger partial charge on any atom is -0.378 e. The van der Waals surface area contributed by atoms with Crippen LogP contribution in [0, 0.1) is 0 Å². The van der Waals surface area contributed by atoms with Crippen LogP contribution in [-0.4, -0.2) is 28.5 Å². The molecule has 18 heavy (non-hydrogen) atoms. The molecule has 102 valence electrons. The van der Waals surface area contributed by atoms with Crippen molar-refractivity contribution in [1.29, 1.82) is 0 Å². The van der Waals surface area contributed by atoms with E-state index in [0.717, 1.165) is 31.6 Å². The van der Waals surface area contributed by atoms with Gasteiger partial charge in [-0.15, -0.1) is 0 Å². The number of nitrogens with two attached hydrogens (primary N) is 1. The van der Waals surface area contributed by atoms with Gasteiger partial charge in [0.15, 0.2) is 0 Å². The van der Waals surface area contributed by atoms with Crippen molar-refractivity contribution < 1.29 is 4.74 Å². The Balaban J connectivity index is 1.74. The average Bonchev–Trinajstić information content (AvgIpc) is 2.81. The predicted molar refractivity (Wildman–Crippen MR) is 70.8 cm³/mol. The van der Waals surface area contributed by atoms with Crippen LogP contribution in [0.2, 0.25) is 0 Å². The van der Waals surface area contributed by atoms with Crippen molar-refractivity contribution in [2.24, 2.45) is 12.9 Å². The fourth-order valence-electron chi connectivity index (χ4n) is 2.49. The molecule has 3 N–H and O–H groups in total. The van der Waals surface area contributed by atoms with Gasteiger partial charge in [-0.25, -0.2) is 0 Å². The number of nitrogens with one attached hydrogen (secondary N) is 1. The number of nitrogens with zero attached hydrogens (tertiary/aromatic N) is 2. The standard InChI is InChI=1S/C13H24N4O/c1-17-8-7-12(16-17)10-11(15-14)5-6-13-4-2-3-9-18-13/h7-8,11,13,15H,2-6,9-10,14H2,1H3. The molecular weight excluding hydrogens is 228 g/mol. The summed E-state index contributed by atoms with van der Waals surface area (Å²) in [5.41, 5.74) is 3.98. The molecule has 0 amide bonds. The summed E-state index contributed by atoms with van der Waals surface area (Å²) < 4.78 is 7.57. The van der Waals surface area contributed by atoms with Gasteiger partial charge in [0.2, 0.25) is 0 Å². The Bertz CT molecular complexity index is 347. The van der Waals surface area contributed by atoms with Gasteiger partial charge in [0, 0.05) is 32.3 Å². The fraction of sp³-hybridized carbons (Fsp3) is 0.769. The van der Waals surface area contributed by atoms with E-state index in [1.165, 1.54) is 19.3 Å². The quantitative estimate of drug-likeness (QED) is 0.589. The number of aromatic nitrogens is 2. The van der Waals surface area contributed by atoms with E-state index in [0.29, 0.717) is 6.10 Å². The number of hydrogen-bond donors (Lipinski definition) is 2. The Labute approximate surface area is 109 Å². The first-order valence-electron chi connectivity index (χ1n) is 6.84. The molecule has 0 bridgehead atoms. The van der Waals surface area contributed by atoms with Gasteiger partial charge in [-0.05, 0) is 38.2 Å². The number of hydrazine groups is 1. The van der Waals surface area contributed by atoms with Gasteiger partial charge in [0.25, 0.3) is 0 Å². The van der Waals surface area contributed by atoms with Gasteiger partial charge in [-0.2, -0.15) is 5.10 Å². The van der Waals surface area contributed by atoms with Crippen LogP contribution in [0.4, 0.5) is 0 Å². The Morgan fingerprint density at radius 3 is 3.11 bits per heavy atom. The third-order valence-electron chi connectivity index (χ3n) is 3.57. The Hall–Kier alpha value is -0.910. The molecule has 2 heterocycles. The summed E-state index contributed by atoms with van der Waals surface area (Å²) in [6.45, 7) is 0.922. The highest BCUT2D eigenvalue weighted by Gasteiger charge is 2.17. The molecular formula is C13H24N4O. The zero-order valence-electron chi connectivity index (χ0n) is 11.1. The molecule has 1 saturated heterocycles. The van der Waals surface area contributed by atoms with E-state index in [4.69, 9.17) is 10.6 Å².